The van der Waals surface area contributed by atoms with Crippen LogP contribution < -0.4 is 0 Å². The lowest BCUT2D eigenvalue weighted by atomic mass is 10.1. The maximum atomic E-state index is 9.32. The molecule has 0 rings (SSSR count). The first-order chi connectivity index (χ1) is 4.76. The Balaban J connectivity index is 4.26. The third-order valence-electron chi connectivity index (χ3n) is 2.24. The summed E-state index contributed by atoms with van der Waals surface area (Å²) in [7, 11) is -1.24. The molecule has 0 bridgehead atoms. The van der Waals surface area contributed by atoms with Crippen LogP contribution in [-0.4, -0.2) is 19.3 Å². The van der Waals surface area contributed by atoms with Crippen LogP contribution in [0.3, 0.4) is 0 Å². The average molecular weight is 172 g/mol. The second-order valence-corrected chi connectivity index (χ2v) is 9.45. The van der Waals surface area contributed by atoms with Gasteiger partial charge in [0.15, 0.2) is 0 Å². The van der Waals surface area contributed by atoms with Gasteiger partial charge in [-0.25, -0.2) is 0 Å². The second kappa shape index (κ2) is 3.54. The van der Waals surface area contributed by atoms with E-state index in [0.29, 0.717) is 0 Å². The molecule has 0 fully saturated rings. The summed E-state index contributed by atoms with van der Waals surface area (Å²) < 4.78 is 0. The number of aliphatic hydroxyl groups is 1. The van der Waals surface area contributed by atoms with E-state index in [0.717, 1.165) is 0 Å². The topological polar surface area (TPSA) is 20.2 Å². The molecule has 1 nitrogen and oxygen atoms in total. The van der Waals surface area contributed by atoms with E-state index in [2.05, 4.69) is 26.2 Å². The fourth-order valence-corrected chi connectivity index (χ4v) is 2.58. The molecule has 0 radical (unpaired) electrons. The van der Waals surface area contributed by atoms with Gasteiger partial charge in [-0.1, -0.05) is 31.8 Å². The molecule has 0 aliphatic heterocycles. The molecule has 0 aliphatic rings. The third-order valence-corrected chi connectivity index (χ3v) is 4.62. The highest BCUT2D eigenvalue weighted by Gasteiger charge is 2.24. The zero-order chi connectivity index (χ0) is 9.23. The SMILES string of the molecule is C=C([C@H](C)[C@H](C)O)[Si](C)(C)C. The summed E-state index contributed by atoms with van der Waals surface area (Å²) in [5.74, 6) is 0.252. The fraction of sp³-hybridized carbons (Fsp3) is 0.778. The van der Waals surface area contributed by atoms with Crippen molar-refractivity contribution in [1.82, 2.24) is 0 Å². The molecule has 2 heteroatoms. The van der Waals surface area contributed by atoms with E-state index in [1.807, 2.05) is 13.8 Å². The van der Waals surface area contributed by atoms with Crippen LogP contribution in [0.1, 0.15) is 13.8 Å². The highest BCUT2D eigenvalue weighted by Crippen LogP contribution is 2.23. The van der Waals surface area contributed by atoms with Gasteiger partial charge in [-0.05, 0) is 12.8 Å². The molecule has 0 aromatic rings. The Labute approximate surface area is 71.1 Å². The normalized spacial score (nSPS) is 17.6. The van der Waals surface area contributed by atoms with Gasteiger partial charge in [0.05, 0.1) is 14.2 Å². The highest BCUT2D eigenvalue weighted by molar-refractivity contribution is 6.83. The van der Waals surface area contributed by atoms with E-state index < -0.39 is 8.07 Å². The Hall–Kier alpha value is -0.0831. The van der Waals surface area contributed by atoms with Crippen molar-refractivity contribution in [3.8, 4) is 0 Å². The quantitative estimate of drug-likeness (QED) is 0.648. The van der Waals surface area contributed by atoms with Gasteiger partial charge >= 0.3 is 0 Å². The summed E-state index contributed by atoms with van der Waals surface area (Å²) in [5, 5.41) is 10.6. The van der Waals surface area contributed by atoms with Gasteiger partial charge in [0.2, 0.25) is 0 Å². The Morgan fingerprint density at radius 1 is 1.27 bits per heavy atom. The molecule has 0 saturated heterocycles. The van der Waals surface area contributed by atoms with Gasteiger partial charge in [-0.15, -0.1) is 6.58 Å². The van der Waals surface area contributed by atoms with Crippen LogP contribution in [0.4, 0.5) is 0 Å². The first kappa shape index (κ1) is 10.9. The zero-order valence-corrected chi connectivity index (χ0v) is 9.31. The van der Waals surface area contributed by atoms with Crippen LogP contribution >= 0.6 is 0 Å². The van der Waals surface area contributed by atoms with Crippen LogP contribution in [0.25, 0.3) is 0 Å². The minimum atomic E-state index is -1.24. The summed E-state index contributed by atoms with van der Waals surface area (Å²) in [6.07, 6.45) is -0.255. The van der Waals surface area contributed by atoms with Gasteiger partial charge in [-0.2, -0.15) is 0 Å². The van der Waals surface area contributed by atoms with Crippen LogP contribution in [0.5, 0.6) is 0 Å². The largest absolute Gasteiger partial charge is 0.393 e. The van der Waals surface area contributed by atoms with Gasteiger partial charge < -0.3 is 5.11 Å². The highest BCUT2D eigenvalue weighted by atomic mass is 28.3. The second-order valence-electron chi connectivity index (χ2n) is 4.30. The van der Waals surface area contributed by atoms with Crippen molar-refractivity contribution in [2.45, 2.75) is 39.6 Å². The van der Waals surface area contributed by atoms with Gasteiger partial charge in [0.1, 0.15) is 0 Å². The molecule has 0 unspecified atom stereocenters. The monoisotopic (exact) mass is 172 g/mol. The molecule has 2 atom stereocenters. The minimum absolute atomic E-state index is 0.252. The molecule has 0 aromatic heterocycles. The van der Waals surface area contributed by atoms with E-state index in [-0.39, 0.29) is 12.0 Å². The number of rotatable bonds is 3. The van der Waals surface area contributed by atoms with E-state index in [4.69, 9.17) is 0 Å². The predicted molar refractivity (Wildman–Crippen MR) is 53.3 cm³/mol. The molecule has 0 aromatic carbocycles. The molecule has 0 spiro atoms. The standard InChI is InChI=1S/C9H20OSi/c1-7(8(2)10)9(3)11(4,5)6/h7-8,10H,3H2,1-2,4-6H3/t7-,8+/m1/s1. The molecule has 1 N–H and O–H groups in total. The van der Waals surface area contributed by atoms with Crippen molar-refractivity contribution in [2.75, 3.05) is 0 Å². The molecule has 0 amide bonds. The molecule has 0 saturated carbocycles. The lowest BCUT2D eigenvalue weighted by molar-refractivity contribution is 0.155. The Bertz CT molecular complexity index is 144. The average Bonchev–Trinajstić information content (AvgIpc) is 1.82. The Morgan fingerprint density at radius 2 is 1.64 bits per heavy atom. The number of hydrogen-bond donors (Lipinski definition) is 1. The van der Waals surface area contributed by atoms with Crippen LogP contribution in [0, 0.1) is 5.92 Å². The molecule has 11 heavy (non-hydrogen) atoms. The molecule has 0 aliphatic carbocycles. The van der Waals surface area contributed by atoms with Crippen molar-refractivity contribution in [2.24, 2.45) is 5.92 Å². The van der Waals surface area contributed by atoms with Crippen molar-refractivity contribution in [3.05, 3.63) is 11.8 Å². The molecule has 66 valence electrons. The molecular weight excluding hydrogens is 152 g/mol. The lowest BCUT2D eigenvalue weighted by Gasteiger charge is -2.27. The minimum Gasteiger partial charge on any atom is -0.393 e. The predicted octanol–water partition coefficient (Wildman–Crippen LogP) is 2.44. The smallest absolute Gasteiger partial charge is 0.0721 e. The summed E-state index contributed by atoms with van der Waals surface area (Å²) >= 11 is 0. The van der Waals surface area contributed by atoms with Gasteiger partial charge in [-0.3, -0.25) is 0 Å². The van der Waals surface area contributed by atoms with Gasteiger partial charge in [0.25, 0.3) is 0 Å². The van der Waals surface area contributed by atoms with E-state index in [1.54, 1.807) is 0 Å². The molecule has 0 heterocycles. The van der Waals surface area contributed by atoms with E-state index >= 15 is 0 Å². The maximum Gasteiger partial charge on any atom is 0.0721 e. The third kappa shape index (κ3) is 3.21. The van der Waals surface area contributed by atoms with E-state index in [1.165, 1.54) is 5.20 Å². The van der Waals surface area contributed by atoms with Crippen molar-refractivity contribution in [1.29, 1.82) is 0 Å². The van der Waals surface area contributed by atoms with Crippen LogP contribution in [-0.2, 0) is 0 Å². The zero-order valence-electron chi connectivity index (χ0n) is 8.31. The van der Waals surface area contributed by atoms with Gasteiger partial charge in [0, 0.05) is 0 Å². The van der Waals surface area contributed by atoms with E-state index in [9.17, 15) is 5.11 Å². The lowest BCUT2D eigenvalue weighted by Crippen LogP contribution is -2.31. The number of hydrogen-bond acceptors (Lipinski definition) is 1. The summed E-state index contributed by atoms with van der Waals surface area (Å²) in [6, 6.07) is 0. The molecular formula is C9H20OSi. The van der Waals surface area contributed by atoms with Crippen molar-refractivity contribution < 1.29 is 5.11 Å². The van der Waals surface area contributed by atoms with Crippen LogP contribution in [0.2, 0.25) is 19.6 Å². The summed E-state index contributed by atoms with van der Waals surface area (Å²) in [5.41, 5.74) is 0. The van der Waals surface area contributed by atoms with Crippen LogP contribution in [0.15, 0.2) is 11.8 Å². The van der Waals surface area contributed by atoms with Crippen molar-refractivity contribution >= 4 is 8.07 Å². The Morgan fingerprint density at radius 3 is 1.73 bits per heavy atom. The van der Waals surface area contributed by atoms with Crippen molar-refractivity contribution in [3.63, 3.8) is 0 Å². The fourth-order valence-electron chi connectivity index (χ4n) is 0.974. The maximum absolute atomic E-state index is 9.32. The first-order valence-electron chi connectivity index (χ1n) is 4.14. The Kier molecular flexibility index (Phi) is 3.52. The first-order valence-corrected chi connectivity index (χ1v) is 7.64. The summed E-state index contributed by atoms with van der Waals surface area (Å²) in [4.78, 5) is 0. The summed E-state index contributed by atoms with van der Waals surface area (Å²) in [6.45, 7) is 14.7. The number of aliphatic hydroxyl groups excluding tert-OH is 1.